The van der Waals surface area contributed by atoms with E-state index in [9.17, 15) is 0 Å². The molecule has 0 spiro atoms. The molecule has 0 saturated carbocycles. The third-order valence-corrected chi connectivity index (χ3v) is 5.97. The molecule has 4 rings (SSSR count). The molecule has 10 heteroatoms. The third kappa shape index (κ3) is 6.16. The maximum Gasteiger partial charge on any atom is 0.175 e. The summed E-state index contributed by atoms with van der Waals surface area (Å²) < 4.78 is 1.87. The number of aromatic nitrogens is 2. The molecule has 1 aliphatic rings. The number of pyridine rings is 1. The zero-order valence-electron chi connectivity index (χ0n) is 21.6. The Labute approximate surface area is 217 Å². The normalized spacial score (nSPS) is 13.0. The smallest absolute Gasteiger partial charge is 0.175 e. The van der Waals surface area contributed by atoms with Crippen molar-refractivity contribution in [2.24, 2.45) is 9.98 Å². The van der Waals surface area contributed by atoms with Gasteiger partial charge in [0.1, 0.15) is 5.69 Å². The summed E-state index contributed by atoms with van der Waals surface area (Å²) >= 11 is 0. The number of nitrogens with two attached hydrogens (primary N) is 2. The number of fused-ring (bicyclic) bond motifs is 1. The Balaban J connectivity index is 1.69. The second-order valence-electron chi connectivity index (χ2n) is 8.97. The minimum Gasteiger partial charge on any atom is -0.397 e. The van der Waals surface area contributed by atoms with Gasteiger partial charge in [-0.15, -0.1) is 5.10 Å². The fourth-order valence-corrected chi connectivity index (χ4v) is 3.98. The summed E-state index contributed by atoms with van der Waals surface area (Å²) in [4.78, 5) is 13.4. The van der Waals surface area contributed by atoms with Gasteiger partial charge in [0.2, 0.25) is 0 Å². The first-order valence-electron chi connectivity index (χ1n) is 12.3. The molecule has 2 heterocycles. The molecule has 0 radical (unpaired) electrons. The number of likely N-dealkylation sites (N-methyl/N-ethyl adjacent to an activating group) is 2. The van der Waals surface area contributed by atoms with Crippen LogP contribution < -0.4 is 21.7 Å². The summed E-state index contributed by atoms with van der Waals surface area (Å²) in [6.07, 6.45) is 9.39. The van der Waals surface area contributed by atoms with Gasteiger partial charge in [-0.05, 0) is 69.6 Å². The average Bonchev–Trinajstić information content (AvgIpc) is 3.24. The maximum absolute atomic E-state index is 8.96. The Morgan fingerprint density at radius 1 is 1.03 bits per heavy atom. The summed E-state index contributed by atoms with van der Waals surface area (Å²) in [7, 11) is 4.13. The lowest BCUT2D eigenvalue weighted by Crippen LogP contribution is -2.32. The van der Waals surface area contributed by atoms with Gasteiger partial charge in [0, 0.05) is 25.8 Å². The highest BCUT2D eigenvalue weighted by Gasteiger charge is 2.19. The fourth-order valence-electron chi connectivity index (χ4n) is 3.98. The van der Waals surface area contributed by atoms with Gasteiger partial charge in [-0.1, -0.05) is 6.07 Å². The second kappa shape index (κ2) is 11.7. The number of nitrogen functional groups attached to an aromatic ring is 2. The minimum atomic E-state index is 0.0178. The van der Waals surface area contributed by atoms with E-state index in [0.717, 1.165) is 48.1 Å². The number of rotatable bonds is 10. The Bertz CT molecular complexity index is 1350. The number of aliphatic imine (C=N–C) groups is 2. The van der Waals surface area contributed by atoms with E-state index < -0.39 is 0 Å². The van der Waals surface area contributed by atoms with Crippen LogP contribution in [-0.2, 0) is 0 Å². The van der Waals surface area contributed by atoms with Gasteiger partial charge in [0.25, 0.3) is 0 Å². The number of anilines is 5. The Hall–Kier alpha value is -4.15. The van der Waals surface area contributed by atoms with E-state index in [4.69, 9.17) is 26.7 Å². The molecule has 0 amide bonds. The first-order valence-corrected chi connectivity index (χ1v) is 12.3. The van der Waals surface area contributed by atoms with Crippen LogP contribution in [0.4, 0.5) is 34.3 Å². The predicted octanol–water partition coefficient (Wildman–Crippen LogP) is 3.26. The number of aliphatic hydroxyl groups excluding tert-OH is 1. The van der Waals surface area contributed by atoms with Crippen LogP contribution in [0.2, 0.25) is 0 Å². The monoisotopic (exact) mass is 501 g/mol. The highest BCUT2D eigenvalue weighted by atomic mass is 16.3. The van der Waals surface area contributed by atoms with Crippen LogP contribution in [0.25, 0.3) is 5.52 Å². The van der Waals surface area contributed by atoms with Crippen LogP contribution in [-0.4, -0.2) is 77.9 Å². The molecule has 0 atom stereocenters. The van der Waals surface area contributed by atoms with Crippen LogP contribution in [0.15, 0.2) is 70.8 Å². The summed E-state index contributed by atoms with van der Waals surface area (Å²) in [5, 5.41) is 17.4. The lowest BCUT2D eigenvalue weighted by atomic mass is 10.1. The summed E-state index contributed by atoms with van der Waals surface area (Å²) in [6.45, 7) is 5.06. The van der Waals surface area contributed by atoms with Gasteiger partial charge in [0.05, 0.1) is 52.8 Å². The number of hydrogen-bond acceptors (Lipinski definition) is 9. The van der Waals surface area contributed by atoms with Crippen molar-refractivity contribution in [3.63, 3.8) is 0 Å². The largest absolute Gasteiger partial charge is 0.397 e. The molecule has 3 aromatic rings. The van der Waals surface area contributed by atoms with Crippen LogP contribution in [0.5, 0.6) is 0 Å². The van der Waals surface area contributed by atoms with E-state index in [-0.39, 0.29) is 6.61 Å². The van der Waals surface area contributed by atoms with E-state index >= 15 is 0 Å². The van der Waals surface area contributed by atoms with E-state index in [2.05, 4.69) is 41.1 Å². The zero-order valence-corrected chi connectivity index (χ0v) is 21.6. The Morgan fingerprint density at radius 3 is 2.49 bits per heavy atom. The van der Waals surface area contributed by atoms with Gasteiger partial charge in [-0.3, -0.25) is 4.99 Å². The molecule has 0 aliphatic heterocycles. The van der Waals surface area contributed by atoms with Crippen molar-refractivity contribution in [1.82, 2.24) is 14.5 Å². The summed E-state index contributed by atoms with van der Waals surface area (Å²) in [5.74, 6) is 0.854. The second-order valence-corrected chi connectivity index (χ2v) is 8.97. The average molecular weight is 502 g/mol. The van der Waals surface area contributed by atoms with Crippen molar-refractivity contribution < 1.29 is 5.11 Å². The van der Waals surface area contributed by atoms with Gasteiger partial charge in [0.15, 0.2) is 5.82 Å². The van der Waals surface area contributed by atoms with Crippen molar-refractivity contribution in [3.8, 4) is 0 Å². The SMILES string of the molecule is CCN(CCN(C)C)c1nn2ccccc2c1Nc1cc(N=C2C=CC(=NCCO)C=C2)c(N)cc1N. The molecule has 37 heavy (non-hydrogen) atoms. The molecular formula is C27H35N9O. The molecule has 2 aromatic heterocycles. The molecular weight excluding hydrogens is 466 g/mol. The molecule has 1 aromatic carbocycles. The highest BCUT2D eigenvalue weighted by molar-refractivity contribution is 6.19. The Kier molecular flexibility index (Phi) is 8.22. The maximum atomic E-state index is 8.96. The molecule has 0 unspecified atom stereocenters. The third-order valence-electron chi connectivity index (χ3n) is 5.97. The van der Waals surface area contributed by atoms with Crippen LogP contribution in [0.3, 0.4) is 0 Å². The van der Waals surface area contributed by atoms with Crippen molar-refractivity contribution in [1.29, 1.82) is 0 Å². The lowest BCUT2D eigenvalue weighted by molar-refractivity contribution is 0.307. The predicted molar refractivity (Wildman–Crippen MR) is 155 cm³/mol. The summed E-state index contributed by atoms with van der Waals surface area (Å²) in [6, 6.07) is 9.56. The number of nitrogens with zero attached hydrogens (tertiary/aromatic N) is 6. The molecule has 6 N–H and O–H groups in total. The van der Waals surface area contributed by atoms with E-state index in [1.807, 2.05) is 59.3 Å². The van der Waals surface area contributed by atoms with Crippen molar-refractivity contribution in [3.05, 3.63) is 60.8 Å². The van der Waals surface area contributed by atoms with E-state index in [0.29, 0.717) is 29.3 Å². The molecule has 0 fully saturated rings. The lowest BCUT2D eigenvalue weighted by Gasteiger charge is -2.24. The number of nitrogens with one attached hydrogen (secondary N) is 1. The molecule has 0 bridgehead atoms. The number of hydrogen-bond donors (Lipinski definition) is 4. The molecule has 194 valence electrons. The molecule has 10 nitrogen and oxygen atoms in total. The number of benzene rings is 1. The highest BCUT2D eigenvalue weighted by Crippen LogP contribution is 2.38. The molecule has 0 saturated heterocycles. The van der Waals surface area contributed by atoms with Gasteiger partial charge < -0.3 is 31.7 Å². The van der Waals surface area contributed by atoms with Crippen molar-refractivity contribution in [2.75, 3.05) is 68.6 Å². The van der Waals surface area contributed by atoms with Gasteiger partial charge >= 0.3 is 0 Å². The van der Waals surface area contributed by atoms with Crippen LogP contribution in [0, 0.1) is 0 Å². The Morgan fingerprint density at radius 2 is 1.78 bits per heavy atom. The number of allylic oxidation sites excluding steroid dienone is 4. The van der Waals surface area contributed by atoms with Crippen molar-refractivity contribution in [2.45, 2.75) is 6.92 Å². The summed E-state index contributed by atoms with van der Waals surface area (Å²) in [5.41, 5.74) is 18.3. The topological polar surface area (TPSA) is 133 Å². The fraction of sp³-hybridized carbons (Fsp3) is 0.296. The van der Waals surface area contributed by atoms with Gasteiger partial charge in [-0.25, -0.2) is 9.51 Å². The van der Waals surface area contributed by atoms with E-state index in [1.54, 1.807) is 6.07 Å². The molecule has 1 aliphatic carbocycles. The number of aliphatic hydroxyl groups is 1. The zero-order chi connectivity index (χ0) is 26.4. The van der Waals surface area contributed by atoms with Crippen LogP contribution >= 0.6 is 0 Å². The van der Waals surface area contributed by atoms with Crippen LogP contribution in [0.1, 0.15) is 6.92 Å². The first-order chi connectivity index (χ1) is 17.9. The standard InChI is InChI=1S/C27H35N9O/c1-4-35(15-14-34(2)3)27-26(25-7-5-6-13-36(25)33-27)32-24-18-23(21(28)17-22(24)29)31-20-10-8-19(9-11-20)30-12-16-37/h5-11,13,17-18,32,37H,4,12,14-16,28-29H2,1-3H3. The minimum absolute atomic E-state index is 0.0178. The van der Waals surface area contributed by atoms with E-state index in [1.165, 1.54) is 0 Å². The van der Waals surface area contributed by atoms with Crippen molar-refractivity contribution >= 4 is 51.2 Å². The quantitative estimate of drug-likeness (QED) is 0.248. The van der Waals surface area contributed by atoms with Gasteiger partial charge in [-0.2, -0.15) is 0 Å². The first kappa shape index (κ1) is 25.9.